The van der Waals surface area contributed by atoms with E-state index >= 15 is 0 Å². The molecule has 0 spiro atoms. The summed E-state index contributed by atoms with van der Waals surface area (Å²) in [6.45, 7) is 9.42. The number of nitrogens with zero attached hydrogens (tertiary/aromatic N) is 2. The van der Waals surface area contributed by atoms with Crippen molar-refractivity contribution in [2.24, 2.45) is 0 Å². The fraction of sp³-hybridized carbons (Fsp3) is 0.400. The lowest BCUT2D eigenvalue weighted by Crippen LogP contribution is -2.47. The predicted octanol–water partition coefficient (Wildman–Crippen LogP) is 3.73. The summed E-state index contributed by atoms with van der Waals surface area (Å²) in [5.41, 5.74) is 3.52. The molecule has 0 radical (unpaired) electrons. The molecule has 2 aromatic carbocycles. The van der Waals surface area contributed by atoms with E-state index in [1.807, 2.05) is 24.3 Å². The lowest BCUT2D eigenvalue weighted by atomic mass is 10.1. The van der Waals surface area contributed by atoms with Crippen molar-refractivity contribution in [3.63, 3.8) is 0 Å². The first kappa shape index (κ1) is 21.9. The highest BCUT2D eigenvalue weighted by Crippen LogP contribution is 2.19. The molecule has 1 aliphatic heterocycles. The molecule has 3 rings (SSSR count). The molecule has 1 atom stereocenters. The van der Waals surface area contributed by atoms with Gasteiger partial charge in [0.2, 0.25) is 5.91 Å². The number of benzene rings is 2. The average Bonchev–Trinajstić information content (AvgIpc) is 2.77. The summed E-state index contributed by atoms with van der Waals surface area (Å²) in [6.07, 6.45) is 4.32. The number of ether oxygens (including phenoxy) is 1. The number of rotatable bonds is 8. The van der Waals surface area contributed by atoms with Crippen molar-refractivity contribution < 1.29 is 9.53 Å². The first-order valence-corrected chi connectivity index (χ1v) is 10.7. The van der Waals surface area contributed by atoms with Crippen molar-refractivity contribution >= 4 is 17.7 Å². The Balaban J connectivity index is 1.39. The van der Waals surface area contributed by atoms with Gasteiger partial charge in [-0.1, -0.05) is 30.3 Å². The third kappa shape index (κ3) is 6.36. The van der Waals surface area contributed by atoms with Crippen LogP contribution in [0.1, 0.15) is 24.5 Å². The minimum atomic E-state index is -0.0716. The molecule has 2 aromatic rings. The molecule has 1 N–H and O–H groups in total. The fourth-order valence-corrected chi connectivity index (χ4v) is 3.76. The number of piperazine rings is 1. The van der Waals surface area contributed by atoms with Crippen molar-refractivity contribution in [1.29, 1.82) is 0 Å². The zero-order valence-electron chi connectivity index (χ0n) is 18.3. The van der Waals surface area contributed by atoms with Gasteiger partial charge < -0.3 is 15.0 Å². The quantitative estimate of drug-likeness (QED) is 0.677. The van der Waals surface area contributed by atoms with Crippen molar-refractivity contribution in [1.82, 2.24) is 10.2 Å². The van der Waals surface area contributed by atoms with Crippen LogP contribution < -0.4 is 15.0 Å². The van der Waals surface area contributed by atoms with E-state index in [-0.39, 0.29) is 11.9 Å². The molecule has 0 bridgehead atoms. The summed E-state index contributed by atoms with van der Waals surface area (Å²) < 4.78 is 5.31. The second-order valence-corrected chi connectivity index (χ2v) is 7.94. The molecule has 1 unspecified atom stereocenters. The highest BCUT2D eigenvalue weighted by atomic mass is 16.5. The SMILES string of the molecule is COc1ccccc1/C=C/C(=O)NC(C)CCN1CCN(c2cccc(C)c2)CC1. The van der Waals surface area contributed by atoms with Crippen LogP contribution in [0.5, 0.6) is 5.75 Å². The number of anilines is 1. The zero-order valence-corrected chi connectivity index (χ0v) is 18.3. The molecular formula is C25H33N3O2. The Hall–Kier alpha value is -2.79. The van der Waals surface area contributed by atoms with Gasteiger partial charge in [-0.3, -0.25) is 9.69 Å². The number of carbonyl (C=O) groups is 1. The van der Waals surface area contributed by atoms with Crippen LogP contribution in [0, 0.1) is 6.92 Å². The summed E-state index contributed by atoms with van der Waals surface area (Å²) in [6, 6.07) is 16.5. The minimum absolute atomic E-state index is 0.0716. The number of hydrogen-bond donors (Lipinski definition) is 1. The number of amides is 1. The number of para-hydroxylation sites is 1. The number of hydrogen-bond acceptors (Lipinski definition) is 4. The smallest absolute Gasteiger partial charge is 0.244 e. The number of nitrogens with one attached hydrogen (secondary N) is 1. The van der Waals surface area contributed by atoms with Gasteiger partial charge in [0.05, 0.1) is 7.11 Å². The van der Waals surface area contributed by atoms with E-state index < -0.39 is 0 Å². The maximum absolute atomic E-state index is 12.2. The summed E-state index contributed by atoms with van der Waals surface area (Å²) >= 11 is 0. The molecule has 1 heterocycles. The Morgan fingerprint density at radius 3 is 2.63 bits per heavy atom. The Morgan fingerprint density at radius 2 is 1.90 bits per heavy atom. The van der Waals surface area contributed by atoms with E-state index in [0.29, 0.717) is 0 Å². The van der Waals surface area contributed by atoms with Crippen LogP contribution in [0.3, 0.4) is 0 Å². The van der Waals surface area contributed by atoms with E-state index in [9.17, 15) is 4.79 Å². The average molecular weight is 408 g/mol. The number of methoxy groups -OCH3 is 1. The highest BCUT2D eigenvalue weighted by molar-refractivity contribution is 5.92. The van der Waals surface area contributed by atoms with Crippen molar-refractivity contribution in [2.45, 2.75) is 26.3 Å². The summed E-state index contributed by atoms with van der Waals surface area (Å²) in [4.78, 5) is 17.2. The first-order valence-electron chi connectivity index (χ1n) is 10.7. The normalized spacial score (nSPS) is 15.9. The van der Waals surface area contributed by atoms with Gasteiger partial charge in [0.15, 0.2) is 0 Å². The number of carbonyl (C=O) groups excluding carboxylic acids is 1. The maximum Gasteiger partial charge on any atom is 0.244 e. The molecule has 1 aliphatic rings. The van der Waals surface area contributed by atoms with Gasteiger partial charge in [-0.15, -0.1) is 0 Å². The molecule has 160 valence electrons. The van der Waals surface area contributed by atoms with Gasteiger partial charge >= 0.3 is 0 Å². The Morgan fingerprint density at radius 1 is 1.13 bits per heavy atom. The third-order valence-electron chi connectivity index (χ3n) is 5.56. The van der Waals surface area contributed by atoms with Crippen molar-refractivity contribution in [2.75, 3.05) is 44.7 Å². The molecule has 0 aromatic heterocycles. The van der Waals surface area contributed by atoms with Crippen LogP contribution in [0.15, 0.2) is 54.6 Å². The standard InChI is InChI=1S/C25H33N3O2/c1-20-7-6-9-23(19-20)28-17-15-27(16-18-28)14-13-21(2)26-25(29)12-11-22-8-4-5-10-24(22)30-3/h4-12,19,21H,13-18H2,1-3H3,(H,26,29)/b12-11+. The van der Waals surface area contributed by atoms with Crippen LogP contribution in [0.2, 0.25) is 0 Å². The van der Waals surface area contributed by atoms with E-state index in [4.69, 9.17) is 4.74 Å². The topological polar surface area (TPSA) is 44.8 Å². The monoisotopic (exact) mass is 407 g/mol. The molecule has 1 saturated heterocycles. The van der Waals surface area contributed by atoms with Crippen LogP contribution in [0.25, 0.3) is 6.08 Å². The lowest BCUT2D eigenvalue weighted by molar-refractivity contribution is -0.117. The first-order chi connectivity index (χ1) is 14.5. The molecule has 0 saturated carbocycles. The van der Waals surface area contributed by atoms with Gasteiger partial charge in [0.1, 0.15) is 5.75 Å². The van der Waals surface area contributed by atoms with Gasteiger partial charge in [-0.25, -0.2) is 0 Å². The van der Waals surface area contributed by atoms with Gasteiger partial charge in [-0.05, 0) is 50.1 Å². The van der Waals surface area contributed by atoms with E-state index in [0.717, 1.165) is 50.5 Å². The molecule has 1 amide bonds. The fourth-order valence-electron chi connectivity index (χ4n) is 3.76. The lowest BCUT2D eigenvalue weighted by Gasteiger charge is -2.36. The summed E-state index contributed by atoms with van der Waals surface area (Å²) in [5.74, 6) is 0.692. The third-order valence-corrected chi connectivity index (χ3v) is 5.56. The molecular weight excluding hydrogens is 374 g/mol. The van der Waals surface area contributed by atoms with Crippen LogP contribution in [0.4, 0.5) is 5.69 Å². The Labute approximate surface area is 180 Å². The van der Waals surface area contributed by atoms with Gasteiger partial charge in [0, 0.05) is 56.1 Å². The Kier molecular flexibility index (Phi) is 7.91. The number of aryl methyl sites for hydroxylation is 1. The second kappa shape index (κ2) is 10.8. The molecule has 0 aliphatic carbocycles. The molecule has 5 heteroatoms. The zero-order chi connectivity index (χ0) is 21.3. The van der Waals surface area contributed by atoms with Crippen LogP contribution in [-0.4, -0.2) is 56.7 Å². The van der Waals surface area contributed by atoms with Crippen LogP contribution in [-0.2, 0) is 4.79 Å². The summed E-state index contributed by atoms with van der Waals surface area (Å²) in [7, 11) is 1.63. The molecule has 30 heavy (non-hydrogen) atoms. The summed E-state index contributed by atoms with van der Waals surface area (Å²) in [5, 5.41) is 3.06. The van der Waals surface area contributed by atoms with Crippen molar-refractivity contribution in [3.05, 3.63) is 65.7 Å². The minimum Gasteiger partial charge on any atom is -0.496 e. The predicted molar refractivity (Wildman–Crippen MR) is 124 cm³/mol. The van der Waals surface area contributed by atoms with E-state index in [2.05, 4.69) is 53.2 Å². The molecule has 1 fully saturated rings. The second-order valence-electron chi connectivity index (χ2n) is 7.94. The van der Waals surface area contributed by atoms with Crippen molar-refractivity contribution in [3.8, 4) is 5.75 Å². The van der Waals surface area contributed by atoms with Gasteiger partial charge in [-0.2, -0.15) is 0 Å². The largest absolute Gasteiger partial charge is 0.496 e. The van der Waals surface area contributed by atoms with Gasteiger partial charge in [0.25, 0.3) is 0 Å². The Bertz CT molecular complexity index is 857. The van der Waals surface area contributed by atoms with E-state index in [1.54, 1.807) is 19.3 Å². The van der Waals surface area contributed by atoms with E-state index in [1.165, 1.54) is 11.3 Å². The van der Waals surface area contributed by atoms with Crippen LogP contribution >= 0.6 is 0 Å². The maximum atomic E-state index is 12.2. The molecule has 5 nitrogen and oxygen atoms in total. The highest BCUT2D eigenvalue weighted by Gasteiger charge is 2.18.